The van der Waals surface area contributed by atoms with Crippen molar-refractivity contribution in [1.29, 1.82) is 0 Å². The summed E-state index contributed by atoms with van der Waals surface area (Å²) < 4.78 is 5.19. The van der Waals surface area contributed by atoms with Gasteiger partial charge in [-0.2, -0.15) is 11.8 Å². The molecule has 8 heteroatoms. The molecule has 2 aliphatic rings. The van der Waals surface area contributed by atoms with E-state index in [2.05, 4.69) is 5.32 Å². The van der Waals surface area contributed by atoms with E-state index in [1.54, 1.807) is 0 Å². The van der Waals surface area contributed by atoms with Crippen LogP contribution < -0.4 is 11.1 Å². The van der Waals surface area contributed by atoms with E-state index in [9.17, 15) is 19.5 Å². The maximum Gasteiger partial charge on any atom is 0.334 e. The molecule has 0 bridgehead atoms. The lowest BCUT2D eigenvalue weighted by Gasteiger charge is -2.26. The number of ether oxygens (including phenoxy) is 1. The van der Waals surface area contributed by atoms with E-state index in [-0.39, 0.29) is 18.3 Å². The van der Waals surface area contributed by atoms with E-state index in [0.29, 0.717) is 11.3 Å². The van der Waals surface area contributed by atoms with Gasteiger partial charge in [-0.25, -0.2) is 9.59 Å². The number of carboxylic acids is 1. The molecule has 4 N–H and O–H groups in total. The van der Waals surface area contributed by atoms with E-state index in [4.69, 9.17) is 10.5 Å². The number of esters is 1. The van der Waals surface area contributed by atoms with Crippen LogP contribution in [0.4, 0.5) is 0 Å². The number of nitrogens with one attached hydrogen (secondary N) is 1. The number of carbonyl (C=O) groups excluding carboxylic acids is 2. The number of nitrogens with two attached hydrogens (primary N) is 1. The summed E-state index contributed by atoms with van der Waals surface area (Å²) in [6.07, 6.45) is 2.74. The lowest BCUT2D eigenvalue weighted by Crippen LogP contribution is -2.51. The van der Waals surface area contributed by atoms with Gasteiger partial charge in [0.25, 0.3) is 0 Å². The number of hydrogen-bond acceptors (Lipinski definition) is 6. The van der Waals surface area contributed by atoms with Crippen LogP contribution in [0.25, 0.3) is 0 Å². The van der Waals surface area contributed by atoms with Crippen LogP contribution in [0.2, 0.25) is 0 Å². The Morgan fingerprint density at radius 3 is 2.87 bits per heavy atom. The van der Waals surface area contributed by atoms with E-state index in [1.807, 2.05) is 6.92 Å². The Morgan fingerprint density at radius 2 is 2.17 bits per heavy atom. The Morgan fingerprint density at radius 1 is 1.43 bits per heavy atom. The molecule has 1 aliphatic carbocycles. The molecule has 0 fully saturated rings. The van der Waals surface area contributed by atoms with Crippen molar-refractivity contribution in [2.45, 2.75) is 38.3 Å². The molecule has 3 atom stereocenters. The number of aliphatic carboxylic acids is 1. The van der Waals surface area contributed by atoms with Crippen molar-refractivity contribution in [2.24, 2.45) is 11.7 Å². The Bertz CT molecular complexity index is 534. The standard InChI is InChI=1S/C15H22N2O5S/c1-8-3-2-4-9-6-23-7-11(14(19)20)17-13(18)10(16)5-22-15(21)12(8)9/h8,10-11H,2-7,16H2,1H3,(H,17,18)(H,19,20)/t8?,10-,11-/m0/s1. The second kappa shape index (κ2) is 7.83. The summed E-state index contributed by atoms with van der Waals surface area (Å²) in [7, 11) is 0. The van der Waals surface area contributed by atoms with Gasteiger partial charge in [0.2, 0.25) is 5.91 Å². The lowest BCUT2D eigenvalue weighted by molar-refractivity contribution is -0.144. The maximum absolute atomic E-state index is 12.3. The largest absolute Gasteiger partial charge is 0.480 e. The van der Waals surface area contributed by atoms with Gasteiger partial charge in [0.1, 0.15) is 18.7 Å². The van der Waals surface area contributed by atoms with E-state index in [1.165, 1.54) is 11.8 Å². The highest BCUT2D eigenvalue weighted by atomic mass is 32.2. The molecule has 1 amide bonds. The third-order valence-corrected chi connectivity index (χ3v) is 5.24. The number of hydrogen-bond donors (Lipinski definition) is 3. The van der Waals surface area contributed by atoms with Crippen molar-refractivity contribution in [3.63, 3.8) is 0 Å². The monoisotopic (exact) mass is 342 g/mol. The Kier molecular flexibility index (Phi) is 6.06. The third-order valence-electron chi connectivity index (χ3n) is 4.12. The van der Waals surface area contributed by atoms with Crippen molar-refractivity contribution in [1.82, 2.24) is 5.32 Å². The molecule has 0 aromatic heterocycles. The Balaban J connectivity index is 2.24. The minimum atomic E-state index is -1.10. The van der Waals surface area contributed by atoms with Crippen LogP contribution in [0.5, 0.6) is 0 Å². The first-order chi connectivity index (χ1) is 10.9. The molecule has 0 aromatic carbocycles. The van der Waals surface area contributed by atoms with Crippen LogP contribution in [0.15, 0.2) is 11.1 Å². The van der Waals surface area contributed by atoms with Crippen molar-refractivity contribution < 1.29 is 24.2 Å². The molecule has 23 heavy (non-hydrogen) atoms. The predicted octanol–water partition coefficient (Wildman–Crippen LogP) is 0.290. The molecule has 7 nitrogen and oxygen atoms in total. The zero-order valence-corrected chi connectivity index (χ0v) is 13.9. The summed E-state index contributed by atoms with van der Waals surface area (Å²) in [6, 6.07) is -2.08. The van der Waals surface area contributed by atoms with Crippen molar-refractivity contribution >= 4 is 29.6 Å². The molecule has 0 spiro atoms. The Labute approximate surface area is 139 Å². The Hall–Kier alpha value is -1.54. The molecule has 0 aromatic rings. The highest BCUT2D eigenvalue weighted by Gasteiger charge is 2.30. The average molecular weight is 342 g/mol. The van der Waals surface area contributed by atoms with E-state index < -0.39 is 29.9 Å². The summed E-state index contributed by atoms with van der Waals surface area (Å²) in [6.45, 7) is 1.73. The SMILES string of the molecule is CC1CCCC2=C1C(=O)OC[C@H](N)C(=O)N[C@H](C(=O)O)CSC2. The molecule has 1 heterocycles. The predicted molar refractivity (Wildman–Crippen MR) is 85.9 cm³/mol. The first-order valence-corrected chi connectivity index (χ1v) is 8.81. The molecule has 128 valence electrons. The van der Waals surface area contributed by atoms with Crippen molar-refractivity contribution in [3.8, 4) is 0 Å². The molecule has 0 radical (unpaired) electrons. The van der Waals surface area contributed by atoms with Crippen LogP contribution >= 0.6 is 11.8 Å². The zero-order chi connectivity index (χ0) is 17.0. The fourth-order valence-electron chi connectivity index (χ4n) is 2.82. The number of cyclic esters (lactones) is 1. The second-order valence-corrected chi connectivity index (χ2v) is 6.96. The van der Waals surface area contributed by atoms with Gasteiger partial charge in [0.05, 0.1) is 0 Å². The zero-order valence-electron chi connectivity index (χ0n) is 13.0. The van der Waals surface area contributed by atoms with Gasteiger partial charge < -0.3 is 20.9 Å². The topological polar surface area (TPSA) is 119 Å². The van der Waals surface area contributed by atoms with Crippen LogP contribution in [-0.2, 0) is 19.1 Å². The third kappa shape index (κ3) is 4.48. The molecule has 1 aliphatic heterocycles. The van der Waals surface area contributed by atoms with Crippen LogP contribution in [-0.4, -0.2) is 53.1 Å². The van der Waals surface area contributed by atoms with Gasteiger partial charge >= 0.3 is 11.9 Å². The van der Waals surface area contributed by atoms with Crippen LogP contribution in [0.1, 0.15) is 26.2 Å². The van der Waals surface area contributed by atoms with Gasteiger partial charge in [-0.3, -0.25) is 4.79 Å². The van der Waals surface area contributed by atoms with Gasteiger partial charge in [-0.05, 0) is 30.8 Å². The smallest absolute Gasteiger partial charge is 0.334 e. The summed E-state index contributed by atoms with van der Waals surface area (Å²) in [5.41, 5.74) is 7.37. The minimum absolute atomic E-state index is 0.107. The summed E-state index contributed by atoms with van der Waals surface area (Å²) in [5.74, 6) is -1.23. The second-order valence-electron chi connectivity index (χ2n) is 5.93. The quantitative estimate of drug-likeness (QED) is 0.586. The number of carbonyl (C=O) groups is 3. The van der Waals surface area contributed by atoms with Crippen molar-refractivity contribution in [3.05, 3.63) is 11.1 Å². The van der Waals surface area contributed by atoms with Gasteiger partial charge in [0.15, 0.2) is 0 Å². The first kappa shape index (κ1) is 17.8. The lowest BCUT2D eigenvalue weighted by atomic mass is 9.84. The van der Waals surface area contributed by atoms with Crippen LogP contribution in [0.3, 0.4) is 0 Å². The summed E-state index contributed by atoms with van der Waals surface area (Å²) >= 11 is 1.40. The normalized spacial score (nSPS) is 30.4. The number of thioether (sulfide) groups is 1. The van der Waals surface area contributed by atoms with Gasteiger partial charge in [-0.15, -0.1) is 0 Å². The fourth-order valence-corrected chi connectivity index (χ4v) is 3.94. The highest BCUT2D eigenvalue weighted by Crippen LogP contribution is 2.32. The first-order valence-electron chi connectivity index (χ1n) is 7.65. The summed E-state index contributed by atoms with van der Waals surface area (Å²) in [5, 5.41) is 11.6. The number of rotatable bonds is 1. The molecular weight excluding hydrogens is 320 g/mol. The van der Waals surface area contributed by atoms with Crippen LogP contribution in [0, 0.1) is 5.92 Å². The molecule has 0 saturated heterocycles. The minimum Gasteiger partial charge on any atom is -0.480 e. The molecule has 0 saturated carbocycles. The van der Waals surface area contributed by atoms with Gasteiger partial charge in [0, 0.05) is 17.1 Å². The summed E-state index contributed by atoms with van der Waals surface area (Å²) in [4.78, 5) is 35.5. The van der Waals surface area contributed by atoms with Crippen molar-refractivity contribution in [2.75, 3.05) is 18.1 Å². The van der Waals surface area contributed by atoms with Gasteiger partial charge in [-0.1, -0.05) is 6.92 Å². The van der Waals surface area contributed by atoms with E-state index in [0.717, 1.165) is 24.8 Å². The average Bonchev–Trinajstić information content (AvgIpc) is 2.50. The molecule has 2 rings (SSSR count). The number of carboxylic acid groups (broad SMARTS) is 1. The van der Waals surface area contributed by atoms with E-state index >= 15 is 0 Å². The molecular formula is C15H22N2O5S. The maximum atomic E-state index is 12.3. The highest BCUT2D eigenvalue weighted by molar-refractivity contribution is 7.99. The molecule has 1 unspecified atom stereocenters. The number of amides is 1. The fraction of sp³-hybridized carbons (Fsp3) is 0.667.